The third-order valence-electron chi connectivity index (χ3n) is 6.32. The lowest BCUT2D eigenvalue weighted by Crippen LogP contribution is -2.44. The van der Waals surface area contributed by atoms with Gasteiger partial charge in [0.2, 0.25) is 6.41 Å². The molecule has 0 radical (unpaired) electrons. The summed E-state index contributed by atoms with van der Waals surface area (Å²) in [6.45, 7) is 12.3. The van der Waals surface area contributed by atoms with Crippen molar-refractivity contribution in [1.29, 1.82) is 0 Å². The molecule has 3 aliphatic rings. The van der Waals surface area contributed by atoms with Crippen molar-refractivity contribution in [3.05, 3.63) is 15.8 Å². The highest BCUT2D eigenvalue weighted by atomic mass is 32.1. The van der Waals surface area contributed by atoms with Gasteiger partial charge in [0.15, 0.2) is 5.79 Å². The molecule has 0 unspecified atom stereocenters. The number of thiophene rings is 1. The number of aryl methyl sites for hydroxylation is 2. The summed E-state index contributed by atoms with van der Waals surface area (Å²) in [5.41, 5.74) is 1.07. The topological polar surface area (TPSA) is 65.1 Å². The molecular formula is C26H45NO5S. The molecule has 1 spiro atoms. The van der Waals surface area contributed by atoms with Gasteiger partial charge in [-0.25, -0.2) is 0 Å². The quantitative estimate of drug-likeness (QED) is 0.463. The van der Waals surface area contributed by atoms with Crippen molar-refractivity contribution in [2.45, 2.75) is 104 Å². The van der Waals surface area contributed by atoms with Crippen molar-refractivity contribution in [2.75, 3.05) is 25.2 Å². The summed E-state index contributed by atoms with van der Waals surface area (Å²) in [6, 6.07) is 2.38. The lowest BCUT2D eigenvalue weighted by Gasteiger charge is -2.39. The van der Waals surface area contributed by atoms with E-state index in [2.05, 4.69) is 31.6 Å². The monoisotopic (exact) mass is 483 g/mol. The predicted molar refractivity (Wildman–Crippen MR) is 136 cm³/mol. The van der Waals surface area contributed by atoms with Gasteiger partial charge in [0.1, 0.15) is 0 Å². The molecule has 0 bridgehead atoms. The largest absolute Gasteiger partial charge is 0.471 e. The summed E-state index contributed by atoms with van der Waals surface area (Å²) in [4.78, 5) is 24.9. The summed E-state index contributed by atoms with van der Waals surface area (Å²) < 4.78 is 15.4. The Hall–Kier alpha value is -1.44. The van der Waals surface area contributed by atoms with Gasteiger partial charge in [0, 0.05) is 28.6 Å². The van der Waals surface area contributed by atoms with Crippen LogP contribution in [0.3, 0.4) is 0 Å². The minimum Gasteiger partial charge on any atom is -0.471 e. The number of nitrogens with zero attached hydrogens (tertiary/aromatic N) is 1. The van der Waals surface area contributed by atoms with E-state index < -0.39 is 0 Å². The van der Waals surface area contributed by atoms with E-state index in [4.69, 9.17) is 14.3 Å². The van der Waals surface area contributed by atoms with E-state index in [-0.39, 0.29) is 11.8 Å². The number of carbonyl (C=O) groups excluding carboxylic acids is 2. The van der Waals surface area contributed by atoms with Gasteiger partial charge in [-0.15, -0.1) is 11.3 Å². The number of carbonyl (C=O) groups is 2. The molecule has 190 valence electrons. The van der Waals surface area contributed by atoms with Crippen molar-refractivity contribution in [2.24, 2.45) is 5.92 Å². The highest BCUT2D eigenvalue weighted by molar-refractivity contribution is 7.12. The number of methoxy groups -OCH3 is 1. The van der Waals surface area contributed by atoms with Gasteiger partial charge in [0.25, 0.3) is 6.47 Å². The number of rotatable bonds is 4. The van der Waals surface area contributed by atoms with Crippen molar-refractivity contribution >= 4 is 29.9 Å². The summed E-state index contributed by atoms with van der Waals surface area (Å²) in [6.07, 6.45) is 12.1. The second-order valence-electron chi connectivity index (χ2n) is 8.73. The molecular weight excluding hydrogens is 438 g/mol. The first-order chi connectivity index (χ1) is 15.9. The van der Waals surface area contributed by atoms with Crippen LogP contribution in [0.5, 0.6) is 0 Å². The van der Waals surface area contributed by atoms with Crippen LogP contribution in [0.25, 0.3) is 0 Å². The maximum absolute atomic E-state index is 11.5. The predicted octanol–water partition coefficient (Wildman–Crippen LogP) is 6.42. The van der Waals surface area contributed by atoms with E-state index >= 15 is 0 Å². The molecule has 0 N–H and O–H groups in total. The first kappa shape index (κ1) is 29.6. The van der Waals surface area contributed by atoms with Crippen molar-refractivity contribution in [3.8, 4) is 0 Å². The number of ether oxygens (including phenoxy) is 3. The van der Waals surface area contributed by atoms with E-state index in [0.29, 0.717) is 19.7 Å². The van der Waals surface area contributed by atoms with Crippen molar-refractivity contribution < 1.29 is 23.8 Å². The normalized spacial score (nSPS) is 19.7. The van der Waals surface area contributed by atoms with E-state index in [1.165, 1.54) is 49.0 Å². The third kappa shape index (κ3) is 9.75. The molecule has 1 aliphatic heterocycles. The van der Waals surface area contributed by atoms with Gasteiger partial charge in [-0.1, -0.05) is 52.9 Å². The Morgan fingerprint density at radius 1 is 1.03 bits per heavy atom. The van der Waals surface area contributed by atoms with Crippen LogP contribution < -0.4 is 4.90 Å². The van der Waals surface area contributed by atoms with Crippen LogP contribution >= 0.6 is 11.3 Å². The summed E-state index contributed by atoms with van der Waals surface area (Å²) in [5, 5.41) is 0. The summed E-state index contributed by atoms with van der Waals surface area (Å²) >= 11 is 1.75. The highest BCUT2D eigenvalue weighted by Crippen LogP contribution is 2.39. The third-order valence-corrected chi connectivity index (χ3v) is 7.28. The molecule has 33 heavy (non-hydrogen) atoms. The first-order valence-corrected chi connectivity index (χ1v) is 13.3. The molecule has 3 fully saturated rings. The number of anilines is 1. The second kappa shape index (κ2) is 16.2. The molecule has 1 aromatic rings. The van der Waals surface area contributed by atoms with Gasteiger partial charge in [0.05, 0.1) is 26.0 Å². The SMILES string of the molecule is CC.CC1CCCCC1.COC=O.Cc1cc(N(C=O)C2CCC3(CC2)OCCO3)c(C)s1. The van der Waals surface area contributed by atoms with Crippen LogP contribution in [0.15, 0.2) is 6.07 Å². The Balaban J connectivity index is 0.000000346. The first-order valence-electron chi connectivity index (χ1n) is 12.5. The molecule has 6 nitrogen and oxygen atoms in total. The van der Waals surface area contributed by atoms with Gasteiger partial charge in [-0.2, -0.15) is 0 Å². The number of hydrogen-bond donors (Lipinski definition) is 0. The lowest BCUT2D eigenvalue weighted by atomic mass is 9.89. The van der Waals surface area contributed by atoms with Gasteiger partial charge in [-0.05, 0) is 38.7 Å². The zero-order valence-corrected chi connectivity index (χ0v) is 22.4. The van der Waals surface area contributed by atoms with Crippen molar-refractivity contribution in [3.63, 3.8) is 0 Å². The molecule has 0 atom stereocenters. The average molecular weight is 484 g/mol. The van der Waals surface area contributed by atoms with Crippen LogP contribution in [-0.2, 0) is 23.8 Å². The van der Waals surface area contributed by atoms with Gasteiger partial charge in [-0.3, -0.25) is 9.59 Å². The molecule has 0 aromatic carbocycles. The zero-order valence-electron chi connectivity index (χ0n) is 21.6. The molecule has 2 aliphatic carbocycles. The lowest BCUT2D eigenvalue weighted by molar-refractivity contribution is -0.178. The van der Waals surface area contributed by atoms with E-state index in [1.807, 2.05) is 18.7 Å². The molecule has 1 aromatic heterocycles. The number of amides is 1. The fourth-order valence-corrected chi connectivity index (χ4v) is 5.55. The fraction of sp³-hybridized carbons (Fsp3) is 0.769. The number of hydrogen-bond acceptors (Lipinski definition) is 6. The van der Waals surface area contributed by atoms with Crippen LogP contribution in [0.2, 0.25) is 0 Å². The molecule has 2 saturated carbocycles. The van der Waals surface area contributed by atoms with Gasteiger partial charge < -0.3 is 19.1 Å². The molecule has 7 heteroatoms. The average Bonchev–Trinajstić information content (AvgIpc) is 3.44. The summed E-state index contributed by atoms with van der Waals surface area (Å²) in [5.74, 6) is 0.679. The Bertz CT molecular complexity index is 656. The van der Waals surface area contributed by atoms with E-state index in [0.717, 1.165) is 43.7 Å². The minimum atomic E-state index is -0.356. The smallest absolute Gasteiger partial charge is 0.292 e. The fourth-order valence-electron chi connectivity index (χ4n) is 4.63. The molecule has 1 amide bonds. The highest BCUT2D eigenvalue weighted by Gasteiger charge is 2.41. The summed E-state index contributed by atoms with van der Waals surface area (Å²) in [7, 11) is 1.31. The van der Waals surface area contributed by atoms with Crippen LogP contribution in [0.1, 0.15) is 88.3 Å². The van der Waals surface area contributed by atoms with E-state index in [1.54, 1.807) is 11.3 Å². The second-order valence-corrected chi connectivity index (χ2v) is 10.2. The molecule has 1 saturated heterocycles. The maximum Gasteiger partial charge on any atom is 0.292 e. The maximum atomic E-state index is 11.5. The Labute approximate surface area is 205 Å². The Morgan fingerprint density at radius 2 is 1.58 bits per heavy atom. The van der Waals surface area contributed by atoms with Crippen LogP contribution in [0.4, 0.5) is 5.69 Å². The minimum absolute atomic E-state index is 0.263. The van der Waals surface area contributed by atoms with Gasteiger partial charge >= 0.3 is 0 Å². The Kier molecular flexibility index (Phi) is 14.6. The molecule has 4 rings (SSSR count). The standard InChI is InChI=1S/C15H21NO3S.C7H14.C2H4O2.C2H6/c1-11-9-14(12(2)20-11)16(10-17)13-3-5-15(6-4-13)18-7-8-19-15;1-7-5-3-2-4-6-7;1-4-2-3;1-2/h9-10,13H,3-8H2,1-2H3;7H,2-6H2,1H3;2H,1H3;1-2H3. The molecule has 2 heterocycles. The van der Waals surface area contributed by atoms with Crippen LogP contribution in [0, 0.1) is 19.8 Å². The zero-order chi connectivity index (χ0) is 24.7. The van der Waals surface area contributed by atoms with Crippen molar-refractivity contribution in [1.82, 2.24) is 0 Å². The van der Waals surface area contributed by atoms with E-state index in [9.17, 15) is 4.79 Å². The van der Waals surface area contributed by atoms with Crippen LogP contribution in [-0.4, -0.2) is 45.0 Å². The Morgan fingerprint density at radius 3 is 1.94 bits per heavy atom.